The Morgan fingerprint density at radius 2 is 2.24 bits per heavy atom. The van der Waals surface area contributed by atoms with Crippen molar-refractivity contribution in [3.8, 4) is 0 Å². The normalized spacial score (nSPS) is 12.7. The van der Waals surface area contributed by atoms with Gasteiger partial charge in [0, 0.05) is 12.6 Å². The molecule has 0 aliphatic carbocycles. The first-order valence-electron chi connectivity index (χ1n) is 5.87. The van der Waals surface area contributed by atoms with Gasteiger partial charge in [0.1, 0.15) is 5.82 Å². The largest absolute Gasteiger partial charge is 0.380 e. The van der Waals surface area contributed by atoms with E-state index in [1.54, 1.807) is 6.07 Å². The SMILES string of the molecule is CCCOCC(Cc1cccc(F)c1Cl)NC. The summed E-state index contributed by atoms with van der Waals surface area (Å²) in [5.74, 6) is -0.367. The lowest BCUT2D eigenvalue weighted by Gasteiger charge is -2.17. The lowest BCUT2D eigenvalue weighted by atomic mass is 10.1. The van der Waals surface area contributed by atoms with Crippen molar-refractivity contribution >= 4 is 11.6 Å². The first kappa shape index (κ1) is 14.4. The van der Waals surface area contributed by atoms with Crippen molar-refractivity contribution in [3.63, 3.8) is 0 Å². The Morgan fingerprint density at radius 1 is 1.47 bits per heavy atom. The summed E-state index contributed by atoms with van der Waals surface area (Å²) in [5.41, 5.74) is 0.811. The Bertz CT molecular complexity index is 346. The van der Waals surface area contributed by atoms with E-state index in [1.807, 2.05) is 13.1 Å². The summed E-state index contributed by atoms with van der Waals surface area (Å²) < 4.78 is 18.7. The van der Waals surface area contributed by atoms with E-state index < -0.39 is 0 Å². The third-order valence-corrected chi connectivity index (χ3v) is 3.00. The first-order valence-corrected chi connectivity index (χ1v) is 6.24. The summed E-state index contributed by atoms with van der Waals surface area (Å²) in [5, 5.41) is 3.36. The minimum Gasteiger partial charge on any atom is -0.380 e. The van der Waals surface area contributed by atoms with Crippen LogP contribution < -0.4 is 5.32 Å². The molecule has 0 spiro atoms. The third-order valence-electron chi connectivity index (χ3n) is 2.57. The number of ether oxygens (including phenoxy) is 1. The van der Waals surface area contributed by atoms with Crippen molar-refractivity contribution < 1.29 is 9.13 Å². The third kappa shape index (κ3) is 4.62. The van der Waals surface area contributed by atoms with E-state index >= 15 is 0 Å². The molecule has 0 fully saturated rings. The molecule has 17 heavy (non-hydrogen) atoms. The lowest BCUT2D eigenvalue weighted by Crippen LogP contribution is -2.32. The lowest BCUT2D eigenvalue weighted by molar-refractivity contribution is 0.114. The van der Waals surface area contributed by atoms with Crippen LogP contribution in [0.4, 0.5) is 4.39 Å². The Labute approximate surface area is 107 Å². The maximum Gasteiger partial charge on any atom is 0.142 e. The van der Waals surface area contributed by atoms with Gasteiger partial charge in [-0.15, -0.1) is 0 Å². The van der Waals surface area contributed by atoms with E-state index in [-0.39, 0.29) is 16.9 Å². The predicted molar refractivity (Wildman–Crippen MR) is 69.1 cm³/mol. The quantitative estimate of drug-likeness (QED) is 0.760. The molecule has 2 nitrogen and oxygen atoms in total. The molecule has 0 heterocycles. The highest BCUT2D eigenvalue weighted by molar-refractivity contribution is 6.31. The molecule has 96 valence electrons. The fourth-order valence-electron chi connectivity index (χ4n) is 1.59. The molecule has 1 rings (SSSR count). The average molecular weight is 260 g/mol. The number of hydrogen-bond acceptors (Lipinski definition) is 2. The van der Waals surface area contributed by atoms with Crippen molar-refractivity contribution in [2.24, 2.45) is 0 Å². The van der Waals surface area contributed by atoms with E-state index in [9.17, 15) is 4.39 Å². The smallest absolute Gasteiger partial charge is 0.142 e. The minimum atomic E-state index is -0.367. The van der Waals surface area contributed by atoms with E-state index in [4.69, 9.17) is 16.3 Å². The van der Waals surface area contributed by atoms with Crippen LogP contribution in [0.25, 0.3) is 0 Å². The van der Waals surface area contributed by atoms with Crippen LogP contribution in [0.2, 0.25) is 5.02 Å². The predicted octanol–water partition coefficient (Wildman–Crippen LogP) is 3.04. The Balaban J connectivity index is 2.57. The number of nitrogens with one attached hydrogen (secondary N) is 1. The molecular formula is C13H19ClFNO. The van der Waals surface area contributed by atoms with Crippen molar-refractivity contribution in [2.75, 3.05) is 20.3 Å². The average Bonchev–Trinajstić information content (AvgIpc) is 2.33. The van der Waals surface area contributed by atoms with Gasteiger partial charge in [-0.2, -0.15) is 0 Å². The molecule has 0 bridgehead atoms. The van der Waals surface area contributed by atoms with Crippen molar-refractivity contribution in [1.82, 2.24) is 5.32 Å². The van der Waals surface area contributed by atoms with Crippen molar-refractivity contribution in [1.29, 1.82) is 0 Å². The van der Waals surface area contributed by atoms with Crippen LogP contribution in [-0.2, 0) is 11.2 Å². The molecule has 0 amide bonds. The standard InChI is InChI=1S/C13H19ClFNO/c1-3-7-17-9-11(16-2)8-10-5-4-6-12(15)13(10)14/h4-6,11,16H,3,7-9H2,1-2H3. The first-order chi connectivity index (χ1) is 8.19. The fraction of sp³-hybridized carbons (Fsp3) is 0.538. The van der Waals surface area contributed by atoms with Crippen LogP contribution in [0.15, 0.2) is 18.2 Å². The van der Waals surface area contributed by atoms with Gasteiger partial charge >= 0.3 is 0 Å². The van der Waals surface area contributed by atoms with Gasteiger partial charge in [-0.05, 0) is 31.5 Å². The number of rotatable bonds is 7. The molecule has 0 saturated heterocycles. The molecule has 0 aromatic heterocycles. The molecule has 1 aromatic rings. The van der Waals surface area contributed by atoms with Gasteiger partial charge in [0.2, 0.25) is 0 Å². The van der Waals surface area contributed by atoms with Gasteiger partial charge in [0.25, 0.3) is 0 Å². The second-order valence-electron chi connectivity index (χ2n) is 3.98. The topological polar surface area (TPSA) is 21.3 Å². The summed E-state index contributed by atoms with van der Waals surface area (Å²) in [4.78, 5) is 0. The molecule has 0 aliphatic rings. The van der Waals surface area contributed by atoms with Gasteiger partial charge in [0.15, 0.2) is 0 Å². The highest BCUT2D eigenvalue weighted by Crippen LogP contribution is 2.20. The summed E-state index contributed by atoms with van der Waals surface area (Å²) in [6.45, 7) is 3.42. The van der Waals surface area contributed by atoms with Crippen LogP contribution in [0.5, 0.6) is 0 Å². The zero-order chi connectivity index (χ0) is 12.7. The maximum atomic E-state index is 13.3. The van der Waals surface area contributed by atoms with Gasteiger partial charge in [-0.3, -0.25) is 0 Å². The van der Waals surface area contributed by atoms with Gasteiger partial charge < -0.3 is 10.1 Å². The van der Waals surface area contributed by atoms with Crippen LogP contribution in [-0.4, -0.2) is 26.3 Å². The molecular weight excluding hydrogens is 241 g/mol. The Kier molecular flexibility index (Phi) is 6.48. The van der Waals surface area contributed by atoms with Crippen LogP contribution >= 0.6 is 11.6 Å². The molecule has 4 heteroatoms. The van der Waals surface area contributed by atoms with Crippen LogP contribution in [0.1, 0.15) is 18.9 Å². The number of benzene rings is 1. The van der Waals surface area contributed by atoms with E-state index in [0.29, 0.717) is 13.0 Å². The molecule has 0 saturated carbocycles. The maximum absolute atomic E-state index is 13.3. The monoisotopic (exact) mass is 259 g/mol. The van der Waals surface area contributed by atoms with Gasteiger partial charge in [-0.25, -0.2) is 4.39 Å². The van der Waals surface area contributed by atoms with Crippen LogP contribution in [0, 0.1) is 5.82 Å². The number of hydrogen-bond donors (Lipinski definition) is 1. The molecule has 0 radical (unpaired) electrons. The summed E-state index contributed by atoms with van der Waals surface area (Å²) >= 11 is 5.91. The van der Waals surface area contributed by atoms with E-state index in [1.165, 1.54) is 6.07 Å². The zero-order valence-corrected chi connectivity index (χ0v) is 11.1. The number of likely N-dealkylation sites (N-methyl/N-ethyl adjacent to an activating group) is 1. The highest BCUT2D eigenvalue weighted by atomic mass is 35.5. The van der Waals surface area contributed by atoms with Gasteiger partial charge in [-0.1, -0.05) is 30.7 Å². The molecule has 1 N–H and O–H groups in total. The molecule has 1 aromatic carbocycles. The molecule has 0 aliphatic heterocycles. The number of halogens is 2. The van der Waals surface area contributed by atoms with Crippen molar-refractivity contribution in [3.05, 3.63) is 34.6 Å². The summed E-state index contributed by atoms with van der Waals surface area (Å²) in [6, 6.07) is 5.04. The fourth-order valence-corrected chi connectivity index (χ4v) is 1.79. The van der Waals surface area contributed by atoms with E-state index in [0.717, 1.165) is 18.6 Å². The van der Waals surface area contributed by atoms with Gasteiger partial charge in [0.05, 0.1) is 11.6 Å². The van der Waals surface area contributed by atoms with Crippen LogP contribution in [0.3, 0.4) is 0 Å². The summed E-state index contributed by atoms with van der Waals surface area (Å²) in [7, 11) is 1.87. The molecule has 1 unspecified atom stereocenters. The van der Waals surface area contributed by atoms with E-state index in [2.05, 4.69) is 12.2 Å². The Hall–Kier alpha value is -0.640. The molecule has 1 atom stereocenters. The van der Waals surface area contributed by atoms with Crippen molar-refractivity contribution in [2.45, 2.75) is 25.8 Å². The Morgan fingerprint density at radius 3 is 2.88 bits per heavy atom. The second kappa shape index (κ2) is 7.64. The summed E-state index contributed by atoms with van der Waals surface area (Å²) in [6.07, 6.45) is 1.66. The zero-order valence-electron chi connectivity index (χ0n) is 10.3. The second-order valence-corrected chi connectivity index (χ2v) is 4.36. The minimum absolute atomic E-state index is 0.154. The highest BCUT2D eigenvalue weighted by Gasteiger charge is 2.12.